The molecule has 3 nitrogen and oxygen atoms in total. The third-order valence-electron chi connectivity index (χ3n) is 5.03. The van der Waals surface area contributed by atoms with Crippen LogP contribution in [0.3, 0.4) is 0 Å². The van der Waals surface area contributed by atoms with E-state index in [0.29, 0.717) is 0 Å². The summed E-state index contributed by atoms with van der Waals surface area (Å²) in [6, 6.07) is 0. The van der Waals surface area contributed by atoms with E-state index in [1.165, 1.54) is 0 Å². The Bertz CT molecular complexity index is 603. The summed E-state index contributed by atoms with van der Waals surface area (Å²) in [6.45, 7) is 12.2. The molecule has 3 heteroatoms. The van der Waals surface area contributed by atoms with Crippen molar-refractivity contribution in [2.24, 2.45) is 14.1 Å². The second kappa shape index (κ2) is 4.65. The number of ketones is 1. The summed E-state index contributed by atoms with van der Waals surface area (Å²) in [6.07, 6.45) is 0. The van der Waals surface area contributed by atoms with Gasteiger partial charge in [0, 0.05) is 48.0 Å². The van der Waals surface area contributed by atoms with Crippen molar-refractivity contribution in [3.8, 4) is 0 Å². The molecule has 2 aromatic rings. The van der Waals surface area contributed by atoms with Crippen LogP contribution in [0.1, 0.15) is 49.8 Å². The molecule has 2 aromatic heterocycles. The number of hydrogen-bond donors (Lipinski definition) is 0. The molecule has 0 atom stereocenters. The summed E-state index contributed by atoms with van der Waals surface area (Å²) < 4.78 is 4.20. The molecule has 0 fully saturated rings. The first-order chi connectivity index (χ1) is 9.20. The normalized spacial score (nSPS) is 11.2. The predicted octanol–water partition coefficient (Wildman–Crippen LogP) is 3.45. The summed E-state index contributed by atoms with van der Waals surface area (Å²) in [4.78, 5) is 13.0. The highest BCUT2D eigenvalue weighted by Gasteiger charge is 2.25. The van der Waals surface area contributed by atoms with Crippen molar-refractivity contribution in [1.29, 1.82) is 0 Å². The fourth-order valence-corrected chi connectivity index (χ4v) is 3.04. The minimum atomic E-state index is 0.155. The molecule has 0 unspecified atom stereocenters. The molecular formula is C17H24N2O. The van der Waals surface area contributed by atoms with Crippen molar-refractivity contribution < 1.29 is 4.79 Å². The van der Waals surface area contributed by atoms with Gasteiger partial charge in [0.1, 0.15) is 0 Å². The first-order valence-electron chi connectivity index (χ1n) is 6.99. The van der Waals surface area contributed by atoms with E-state index in [4.69, 9.17) is 0 Å². The molecule has 0 saturated heterocycles. The maximum atomic E-state index is 13.0. The summed E-state index contributed by atoms with van der Waals surface area (Å²) in [5, 5.41) is 0. The molecule has 0 aromatic carbocycles. The van der Waals surface area contributed by atoms with E-state index >= 15 is 0 Å². The molecule has 0 N–H and O–H groups in total. The van der Waals surface area contributed by atoms with E-state index in [-0.39, 0.29) is 5.78 Å². The van der Waals surface area contributed by atoms with Crippen LogP contribution in [0.25, 0.3) is 0 Å². The van der Waals surface area contributed by atoms with Gasteiger partial charge in [0.25, 0.3) is 0 Å². The van der Waals surface area contributed by atoms with Crippen molar-refractivity contribution in [2.45, 2.75) is 41.5 Å². The molecule has 2 heterocycles. The third-order valence-corrected chi connectivity index (χ3v) is 5.03. The molecule has 0 saturated carbocycles. The molecule has 0 amide bonds. The fourth-order valence-electron chi connectivity index (χ4n) is 3.04. The van der Waals surface area contributed by atoms with E-state index in [1.54, 1.807) is 0 Å². The van der Waals surface area contributed by atoms with Gasteiger partial charge in [-0.05, 0) is 52.7 Å². The highest BCUT2D eigenvalue weighted by Crippen LogP contribution is 2.28. The number of hydrogen-bond acceptors (Lipinski definition) is 1. The zero-order valence-corrected chi connectivity index (χ0v) is 13.8. The Morgan fingerprint density at radius 1 is 0.650 bits per heavy atom. The van der Waals surface area contributed by atoms with Crippen LogP contribution < -0.4 is 0 Å². The van der Waals surface area contributed by atoms with Crippen molar-refractivity contribution in [1.82, 2.24) is 9.13 Å². The van der Waals surface area contributed by atoms with Gasteiger partial charge < -0.3 is 9.13 Å². The van der Waals surface area contributed by atoms with Gasteiger partial charge in [-0.2, -0.15) is 0 Å². The second-order valence-corrected chi connectivity index (χ2v) is 5.79. The Balaban J connectivity index is 2.71. The standard InChI is InChI=1S/C17H24N2O/c1-9-11(3)18(7)13(5)15(9)17(20)16-10(2)12(4)19(8)14(16)6/h1-8H3. The third kappa shape index (κ3) is 1.76. The van der Waals surface area contributed by atoms with Crippen molar-refractivity contribution in [2.75, 3.05) is 0 Å². The van der Waals surface area contributed by atoms with Crippen LogP contribution in [0.2, 0.25) is 0 Å². The van der Waals surface area contributed by atoms with Crippen molar-refractivity contribution >= 4 is 5.78 Å². The van der Waals surface area contributed by atoms with Crippen LogP contribution in [0.15, 0.2) is 0 Å². The molecular weight excluding hydrogens is 248 g/mol. The molecule has 0 radical (unpaired) electrons. The van der Waals surface area contributed by atoms with E-state index in [0.717, 1.165) is 45.0 Å². The maximum Gasteiger partial charge on any atom is 0.197 e. The largest absolute Gasteiger partial charge is 0.351 e. The predicted molar refractivity (Wildman–Crippen MR) is 82.7 cm³/mol. The SMILES string of the molecule is Cc1c(C(=O)c2c(C)c(C)n(C)c2C)c(C)n(C)c1C. The van der Waals surface area contributed by atoms with Crippen LogP contribution in [-0.4, -0.2) is 14.9 Å². The molecule has 0 aliphatic carbocycles. The quantitative estimate of drug-likeness (QED) is 0.769. The first-order valence-corrected chi connectivity index (χ1v) is 6.99. The Labute approximate surface area is 121 Å². The van der Waals surface area contributed by atoms with Gasteiger partial charge in [0.15, 0.2) is 5.78 Å². The number of carbonyl (C=O) groups is 1. The number of aromatic nitrogens is 2. The molecule has 0 spiro atoms. The Kier molecular flexibility index (Phi) is 3.41. The van der Waals surface area contributed by atoms with Gasteiger partial charge in [-0.1, -0.05) is 0 Å². The average Bonchev–Trinajstić information content (AvgIpc) is 2.71. The Morgan fingerprint density at radius 3 is 1.15 bits per heavy atom. The fraction of sp³-hybridized carbons (Fsp3) is 0.471. The molecule has 0 bridgehead atoms. The van der Waals surface area contributed by atoms with E-state index < -0.39 is 0 Å². The molecule has 108 valence electrons. The number of rotatable bonds is 2. The van der Waals surface area contributed by atoms with Crippen LogP contribution >= 0.6 is 0 Å². The maximum absolute atomic E-state index is 13.0. The minimum absolute atomic E-state index is 0.155. The van der Waals surface area contributed by atoms with Crippen LogP contribution in [0, 0.1) is 41.5 Å². The zero-order chi connectivity index (χ0) is 15.4. The second-order valence-electron chi connectivity index (χ2n) is 5.79. The van der Waals surface area contributed by atoms with Crippen LogP contribution in [0.5, 0.6) is 0 Å². The summed E-state index contributed by atoms with van der Waals surface area (Å²) in [7, 11) is 4.04. The summed E-state index contributed by atoms with van der Waals surface area (Å²) in [5.74, 6) is 0.155. The highest BCUT2D eigenvalue weighted by molar-refractivity contribution is 6.12. The Morgan fingerprint density at radius 2 is 0.950 bits per heavy atom. The van der Waals surface area contributed by atoms with Crippen molar-refractivity contribution in [3.63, 3.8) is 0 Å². The molecule has 0 aliphatic heterocycles. The lowest BCUT2D eigenvalue weighted by molar-refractivity contribution is 0.103. The van der Waals surface area contributed by atoms with Gasteiger partial charge in [-0.15, -0.1) is 0 Å². The summed E-state index contributed by atoms with van der Waals surface area (Å²) >= 11 is 0. The summed E-state index contributed by atoms with van der Waals surface area (Å²) in [5.41, 5.74) is 8.33. The topological polar surface area (TPSA) is 26.9 Å². The van der Waals surface area contributed by atoms with E-state index in [1.807, 2.05) is 41.8 Å². The average molecular weight is 272 g/mol. The smallest absolute Gasteiger partial charge is 0.197 e. The monoisotopic (exact) mass is 272 g/mol. The van der Waals surface area contributed by atoms with Gasteiger partial charge in [0.05, 0.1) is 0 Å². The van der Waals surface area contributed by atoms with E-state index in [2.05, 4.69) is 23.0 Å². The molecule has 20 heavy (non-hydrogen) atoms. The van der Waals surface area contributed by atoms with Gasteiger partial charge >= 0.3 is 0 Å². The van der Waals surface area contributed by atoms with Crippen LogP contribution in [-0.2, 0) is 14.1 Å². The zero-order valence-electron chi connectivity index (χ0n) is 13.8. The highest BCUT2D eigenvalue weighted by atomic mass is 16.1. The molecule has 2 rings (SSSR count). The number of nitrogens with zero attached hydrogens (tertiary/aromatic N) is 2. The number of carbonyl (C=O) groups excluding carboxylic acids is 1. The van der Waals surface area contributed by atoms with Gasteiger partial charge in [-0.25, -0.2) is 0 Å². The van der Waals surface area contributed by atoms with Gasteiger partial charge in [0.2, 0.25) is 0 Å². The minimum Gasteiger partial charge on any atom is -0.351 e. The van der Waals surface area contributed by atoms with Gasteiger partial charge in [-0.3, -0.25) is 4.79 Å². The molecule has 0 aliphatic rings. The lowest BCUT2D eigenvalue weighted by Crippen LogP contribution is -2.07. The lowest BCUT2D eigenvalue weighted by Gasteiger charge is -2.05. The van der Waals surface area contributed by atoms with Crippen molar-refractivity contribution in [3.05, 3.63) is 45.0 Å². The first kappa shape index (κ1) is 14.6. The Hall–Kier alpha value is -1.77. The van der Waals surface area contributed by atoms with E-state index in [9.17, 15) is 4.79 Å². The lowest BCUT2D eigenvalue weighted by atomic mass is 9.97. The van der Waals surface area contributed by atoms with Crippen LogP contribution in [0.4, 0.5) is 0 Å².